The van der Waals surface area contributed by atoms with Crippen LogP contribution in [0.2, 0.25) is 0 Å². The van der Waals surface area contributed by atoms with Gasteiger partial charge in [0, 0.05) is 12.3 Å². The molecular formula is C27H37N3O4. The standard InChI is InChI=1S/C27H37N3O4/c1-20(2)25(31)23(16-10-11-17-28-3)29-26(32)24(18-21-12-6-4-7-13-21)30-27(33)34-19-22-14-8-5-9-15-22/h4-9,12-15,20,23-24,28H,10-11,16-19H2,1-3H3,(H,29,32)(H,30,33)/t23-,24-/m0/s1. The number of unbranched alkanes of at least 4 members (excludes halogenated alkanes) is 1. The van der Waals surface area contributed by atoms with Gasteiger partial charge in [0.1, 0.15) is 12.6 Å². The molecule has 0 aliphatic heterocycles. The number of carbonyl (C=O) groups is 3. The second kappa shape index (κ2) is 14.9. The third kappa shape index (κ3) is 9.75. The molecule has 2 aromatic carbocycles. The van der Waals surface area contributed by atoms with E-state index in [2.05, 4.69) is 16.0 Å². The van der Waals surface area contributed by atoms with Crippen molar-refractivity contribution in [3.63, 3.8) is 0 Å². The molecule has 34 heavy (non-hydrogen) atoms. The Labute approximate surface area is 202 Å². The zero-order valence-electron chi connectivity index (χ0n) is 20.4. The number of ketones is 1. The largest absolute Gasteiger partial charge is 0.445 e. The van der Waals surface area contributed by atoms with E-state index in [4.69, 9.17) is 4.74 Å². The number of rotatable bonds is 14. The molecule has 3 N–H and O–H groups in total. The number of ether oxygens (including phenoxy) is 1. The first-order valence-electron chi connectivity index (χ1n) is 11.9. The van der Waals surface area contributed by atoms with Crippen molar-refractivity contribution < 1.29 is 19.1 Å². The molecule has 2 atom stereocenters. The second-order valence-electron chi connectivity index (χ2n) is 8.67. The second-order valence-corrected chi connectivity index (χ2v) is 8.67. The molecule has 0 saturated carbocycles. The van der Waals surface area contributed by atoms with Crippen LogP contribution >= 0.6 is 0 Å². The number of Topliss-reactive ketones (excluding diaryl/α,β-unsaturated/α-hetero) is 1. The first-order valence-corrected chi connectivity index (χ1v) is 11.9. The minimum Gasteiger partial charge on any atom is -0.445 e. The Hall–Kier alpha value is -3.19. The molecule has 0 spiro atoms. The van der Waals surface area contributed by atoms with Gasteiger partial charge < -0.3 is 20.7 Å². The van der Waals surface area contributed by atoms with Crippen molar-refractivity contribution in [1.82, 2.24) is 16.0 Å². The van der Waals surface area contributed by atoms with E-state index < -0.39 is 24.1 Å². The summed E-state index contributed by atoms with van der Waals surface area (Å²) >= 11 is 0. The fourth-order valence-corrected chi connectivity index (χ4v) is 3.58. The van der Waals surface area contributed by atoms with Gasteiger partial charge in [0.15, 0.2) is 5.78 Å². The molecule has 0 fully saturated rings. The highest BCUT2D eigenvalue weighted by Crippen LogP contribution is 2.10. The van der Waals surface area contributed by atoms with Gasteiger partial charge in [-0.15, -0.1) is 0 Å². The molecule has 7 nitrogen and oxygen atoms in total. The van der Waals surface area contributed by atoms with Gasteiger partial charge in [-0.3, -0.25) is 9.59 Å². The summed E-state index contributed by atoms with van der Waals surface area (Å²) in [5.41, 5.74) is 1.75. The van der Waals surface area contributed by atoms with Crippen LogP contribution in [0.15, 0.2) is 60.7 Å². The summed E-state index contributed by atoms with van der Waals surface area (Å²) in [6.45, 7) is 4.61. The van der Waals surface area contributed by atoms with Crippen LogP contribution in [0.25, 0.3) is 0 Å². The average Bonchev–Trinajstić information content (AvgIpc) is 2.85. The fourth-order valence-electron chi connectivity index (χ4n) is 3.58. The lowest BCUT2D eigenvalue weighted by molar-refractivity contribution is -0.130. The first-order chi connectivity index (χ1) is 16.4. The number of hydrogen-bond donors (Lipinski definition) is 3. The Morgan fingerprint density at radius 1 is 0.824 bits per heavy atom. The molecular weight excluding hydrogens is 430 g/mol. The van der Waals surface area contributed by atoms with Crippen LogP contribution in [0.1, 0.15) is 44.2 Å². The van der Waals surface area contributed by atoms with Gasteiger partial charge in [-0.25, -0.2) is 4.79 Å². The topological polar surface area (TPSA) is 96.5 Å². The summed E-state index contributed by atoms with van der Waals surface area (Å²) in [4.78, 5) is 38.5. The van der Waals surface area contributed by atoms with Crippen LogP contribution in [0, 0.1) is 5.92 Å². The van der Waals surface area contributed by atoms with E-state index >= 15 is 0 Å². The number of benzene rings is 2. The lowest BCUT2D eigenvalue weighted by Gasteiger charge is -2.24. The van der Waals surface area contributed by atoms with Crippen molar-refractivity contribution in [2.45, 2.75) is 58.2 Å². The average molecular weight is 468 g/mol. The summed E-state index contributed by atoms with van der Waals surface area (Å²) in [6.07, 6.45) is 1.88. The minimum absolute atomic E-state index is 0.0112. The van der Waals surface area contributed by atoms with Crippen LogP contribution < -0.4 is 16.0 Å². The van der Waals surface area contributed by atoms with E-state index in [1.54, 1.807) is 0 Å². The summed E-state index contributed by atoms with van der Waals surface area (Å²) < 4.78 is 5.32. The van der Waals surface area contributed by atoms with Crippen LogP contribution in [0.4, 0.5) is 4.79 Å². The number of amides is 2. The molecule has 0 aliphatic carbocycles. The fraction of sp³-hybridized carbons (Fsp3) is 0.444. The third-order valence-electron chi connectivity index (χ3n) is 5.50. The molecule has 184 valence electrons. The van der Waals surface area contributed by atoms with Crippen molar-refractivity contribution in [3.8, 4) is 0 Å². The van der Waals surface area contributed by atoms with Gasteiger partial charge in [-0.2, -0.15) is 0 Å². The molecule has 0 radical (unpaired) electrons. The van der Waals surface area contributed by atoms with Crippen LogP contribution in [-0.2, 0) is 27.4 Å². The molecule has 0 heterocycles. The van der Waals surface area contributed by atoms with E-state index in [-0.39, 0.29) is 24.7 Å². The molecule has 2 rings (SSSR count). The van der Waals surface area contributed by atoms with Crippen molar-refractivity contribution in [3.05, 3.63) is 71.8 Å². The van der Waals surface area contributed by atoms with E-state index in [1.165, 1.54) is 0 Å². The highest BCUT2D eigenvalue weighted by molar-refractivity contribution is 5.93. The van der Waals surface area contributed by atoms with Crippen molar-refractivity contribution in [1.29, 1.82) is 0 Å². The highest BCUT2D eigenvalue weighted by atomic mass is 16.5. The lowest BCUT2D eigenvalue weighted by atomic mass is 9.96. The van der Waals surface area contributed by atoms with Gasteiger partial charge in [0.25, 0.3) is 0 Å². The number of carbonyl (C=O) groups excluding carboxylic acids is 3. The molecule has 0 saturated heterocycles. The number of alkyl carbamates (subject to hydrolysis) is 1. The zero-order chi connectivity index (χ0) is 24.8. The molecule has 0 aromatic heterocycles. The molecule has 0 aliphatic rings. The van der Waals surface area contributed by atoms with Crippen molar-refractivity contribution in [2.75, 3.05) is 13.6 Å². The molecule has 7 heteroatoms. The summed E-state index contributed by atoms with van der Waals surface area (Å²) in [6, 6.07) is 17.3. The Kier molecular flexibility index (Phi) is 11.8. The monoisotopic (exact) mass is 467 g/mol. The highest BCUT2D eigenvalue weighted by Gasteiger charge is 2.28. The SMILES string of the molecule is CNCCCC[C@H](NC(=O)[C@H](Cc1ccccc1)NC(=O)OCc1ccccc1)C(=O)C(C)C. The summed E-state index contributed by atoms with van der Waals surface area (Å²) in [5.74, 6) is -0.609. The summed E-state index contributed by atoms with van der Waals surface area (Å²) in [7, 11) is 1.88. The van der Waals surface area contributed by atoms with E-state index in [9.17, 15) is 14.4 Å². The maximum Gasteiger partial charge on any atom is 0.408 e. The molecule has 0 bridgehead atoms. The maximum atomic E-state index is 13.2. The van der Waals surface area contributed by atoms with Gasteiger partial charge in [-0.1, -0.05) is 74.5 Å². The van der Waals surface area contributed by atoms with E-state index in [0.717, 1.165) is 30.5 Å². The van der Waals surface area contributed by atoms with E-state index in [1.807, 2.05) is 81.6 Å². The zero-order valence-corrected chi connectivity index (χ0v) is 20.4. The maximum absolute atomic E-state index is 13.2. The predicted octanol–water partition coefficient (Wildman–Crippen LogP) is 3.62. The Balaban J connectivity index is 2.07. The van der Waals surface area contributed by atoms with Gasteiger partial charge >= 0.3 is 6.09 Å². The Morgan fingerprint density at radius 3 is 2.03 bits per heavy atom. The normalized spacial score (nSPS) is 12.6. The van der Waals surface area contributed by atoms with E-state index in [0.29, 0.717) is 6.42 Å². The van der Waals surface area contributed by atoms with Crippen molar-refractivity contribution >= 4 is 17.8 Å². The Bertz CT molecular complexity index is 887. The van der Waals surface area contributed by atoms with Crippen LogP contribution in [0.3, 0.4) is 0 Å². The molecule has 2 aromatic rings. The van der Waals surface area contributed by atoms with Crippen molar-refractivity contribution in [2.24, 2.45) is 5.92 Å². The number of nitrogens with one attached hydrogen (secondary N) is 3. The smallest absolute Gasteiger partial charge is 0.408 e. The van der Waals surface area contributed by atoms with Crippen LogP contribution in [0.5, 0.6) is 0 Å². The summed E-state index contributed by atoms with van der Waals surface area (Å²) in [5, 5.41) is 8.68. The first kappa shape index (κ1) is 27.1. The number of hydrogen-bond acceptors (Lipinski definition) is 5. The van der Waals surface area contributed by atoms with Crippen LogP contribution in [-0.4, -0.2) is 43.5 Å². The quantitative estimate of drug-likeness (QED) is 0.369. The molecule has 2 amide bonds. The molecule has 0 unspecified atom stereocenters. The lowest BCUT2D eigenvalue weighted by Crippen LogP contribution is -2.53. The third-order valence-corrected chi connectivity index (χ3v) is 5.50. The van der Waals surface area contributed by atoms with Gasteiger partial charge in [0.2, 0.25) is 5.91 Å². The van der Waals surface area contributed by atoms with Gasteiger partial charge in [-0.05, 0) is 44.0 Å². The minimum atomic E-state index is -0.870. The van der Waals surface area contributed by atoms with Gasteiger partial charge in [0.05, 0.1) is 6.04 Å². The Morgan fingerprint density at radius 2 is 1.44 bits per heavy atom. The predicted molar refractivity (Wildman–Crippen MR) is 133 cm³/mol.